The van der Waals surface area contributed by atoms with Crippen molar-refractivity contribution in [2.75, 3.05) is 0 Å². The summed E-state index contributed by atoms with van der Waals surface area (Å²) in [7, 11) is 0. The highest BCUT2D eigenvalue weighted by atomic mass is 35.5. The maximum atomic E-state index is 12.8. The molecular formula is C12H12ClFO3. The Morgan fingerprint density at radius 3 is 2.53 bits per heavy atom. The molecule has 0 N–H and O–H groups in total. The van der Waals surface area contributed by atoms with Crippen LogP contribution >= 0.6 is 11.6 Å². The number of hydrogen-bond donors (Lipinski definition) is 0. The number of esters is 1. The van der Waals surface area contributed by atoms with Gasteiger partial charge in [-0.05, 0) is 23.6 Å². The van der Waals surface area contributed by atoms with Crippen LogP contribution in [0.1, 0.15) is 18.4 Å². The van der Waals surface area contributed by atoms with Crippen LogP contribution in [0.3, 0.4) is 0 Å². The van der Waals surface area contributed by atoms with Gasteiger partial charge in [0, 0.05) is 6.42 Å². The second-order valence-electron chi connectivity index (χ2n) is 3.46. The lowest BCUT2D eigenvalue weighted by atomic mass is 10.2. The molecule has 0 spiro atoms. The smallest absolute Gasteiger partial charge is 0.306 e. The number of halogens is 2. The van der Waals surface area contributed by atoms with Crippen LogP contribution in [-0.4, -0.2) is 17.4 Å². The predicted octanol–water partition coefficient (Wildman–Crippen LogP) is 2.61. The van der Waals surface area contributed by atoms with Gasteiger partial charge in [0.25, 0.3) is 5.24 Å². The molecule has 1 aromatic carbocycles. The molecule has 1 atom stereocenters. The molecule has 5 heteroatoms. The Kier molecular flexibility index (Phi) is 5.63. The van der Waals surface area contributed by atoms with Crippen molar-refractivity contribution in [3.8, 4) is 0 Å². The first kappa shape index (κ1) is 13.6. The molecule has 3 nitrogen and oxygen atoms in total. The summed E-state index contributed by atoms with van der Waals surface area (Å²) in [4.78, 5) is 21.6. The summed E-state index contributed by atoms with van der Waals surface area (Å²) in [6.45, 7) is 0.144. The first-order valence-electron chi connectivity index (χ1n) is 5.12. The summed E-state index contributed by atoms with van der Waals surface area (Å²) < 4.78 is 17.7. The SMILES string of the molecule is O=C(CCC(F)C(=O)Cl)OCc1ccccc1. The van der Waals surface area contributed by atoms with Gasteiger partial charge in [-0.3, -0.25) is 9.59 Å². The maximum Gasteiger partial charge on any atom is 0.306 e. The monoisotopic (exact) mass is 258 g/mol. The quantitative estimate of drug-likeness (QED) is 0.582. The van der Waals surface area contributed by atoms with Crippen LogP contribution in [0.4, 0.5) is 4.39 Å². The van der Waals surface area contributed by atoms with Crippen LogP contribution in [0, 0.1) is 0 Å². The van der Waals surface area contributed by atoms with E-state index < -0.39 is 17.4 Å². The highest BCUT2D eigenvalue weighted by Crippen LogP contribution is 2.08. The van der Waals surface area contributed by atoms with Crippen molar-refractivity contribution in [1.82, 2.24) is 0 Å². The highest BCUT2D eigenvalue weighted by molar-refractivity contribution is 6.64. The first-order chi connectivity index (χ1) is 8.09. The topological polar surface area (TPSA) is 43.4 Å². The van der Waals surface area contributed by atoms with Crippen LogP contribution in [0.5, 0.6) is 0 Å². The Labute approximate surface area is 104 Å². The average molecular weight is 259 g/mol. The van der Waals surface area contributed by atoms with Crippen molar-refractivity contribution in [2.24, 2.45) is 0 Å². The van der Waals surface area contributed by atoms with Crippen LogP contribution in [0.2, 0.25) is 0 Å². The van der Waals surface area contributed by atoms with E-state index in [4.69, 9.17) is 16.3 Å². The Morgan fingerprint density at radius 1 is 1.29 bits per heavy atom. The number of carbonyl (C=O) groups is 2. The first-order valence-corrected chi connectivity index (χ1v) is 5.50. The summed E-state index contributed by atoms with van der Waals surface area (Å²) in [5.41, 5.74) is 0.853. The van der Waals surface area contributed by atoms with Gasteiger partial charge in [0.1, 0.15) is 6.61 Å². The van der Waals surface area contributed by atoms with Gasteiger partial charge in [-0.15, -0.1) is 0 Å². The third-order valence-corrected chi connectivity index (χ3v) is 2.33. The molecule has 0 saturated heterocycles. The zero-order valence-corrected chi connectivity index (χ0v) is 9.82. The molecule has 1 aromatic rings. The minimum absolute atomic E-state index is 0.144. The lowest BCUT2D eigenvalue weighted by molar-refractivity contribution is -0.145. The predicted molar refractivity (Wildman–Crippen MR) is 61.2 cm³/mol. The fourth-order valence-electron chi connectivity index (χ4n) is 1.17. The number of alkyl halides is 1. The van der Waals surface area contributed by atoms with Gasteiger partial charge in [0.15, 0.2) is 6.17 Å². The number of ether oxygens (including phenoxy) is 1. The van der Waals surface area contributed by atoms with Crippen molar-refractivity contribution in [2.45, 2.75) is 25.6 Å². The number of benzene rings is 1. The molecule has 0 saturated carbocycles. The second-order valence-corrected chi connectivity index (χ2v) is 3.83. The molecule has 0 bridgehead atoms. The van der Waals surface area contributed by atoms with Gasteiger partial charge in [-0.1, -0.05) is 30.3 Å². The molecular weight excluding hydrogens is 247 g/mol. The fourth-order valence-corrected chi connectivity index (χ4v) is 1.28. The minimum Gasteiger partial charge on any atom is -0.461 e. The Bertz CT molecular complexity index is 381. The maximum absolute atomic E-state index is 12.8. The van der Waals surface area contributed by atoms with E-state index in [0.29, 0.717) is 0 Å². The molecule has 1 rings (SSSR count). The Morgan fingerprint density at radius 2 is 1.94 bits per heavy atom. The second kappa shape index (κ2) is 7.01. The van der Waals surface area contributed by atoms with E-state index in [1.54, 1.807) is 0 Å². The van der Waals surface area contributed by atoms with Gasteiger partial charge in [-0.25, -0.2) is 4.39 Å². The highest BCUT2D eigenvalue weighted by Gasteiger charge is 2.16. The molecule has 0 aromatic heterocycles. The number of carbonyl (C=O) groups excluding carboxylic acids is 2. The van der Waals surface area contributed by atoms with Gasteiger partial charge in [-0.2, -0.15) is 0 Å². The lowest BCUT2D eigenvalue weighted by Gasteiger charge is -2.05. The van der Waals surface area contributed by atoms with Crippen molar-refractivity contribution >= 4 is 22.8 Å². The third kappa shape index (κ3) is 5.45. The molecule has 0 amide bonds. The zero-order valence-electron chi connectivity index (χ0n) is 9.07. The van der Waals surface area contributed by atoms with E-state index in [1.165, 1.54) is 0 Å². The number of rotatable bonds is 6. The molecule has 0 aliphatic rings. The Hall–Kier alpha value is -1.42. The molecule has 1 unspecified atom stereocenters. The molecule has 0 aliphatic carbocycles. The van der Waals surface area contributed by atoms with Crippen molar-refractivity contribution < 1.29 is 18.7 Å². The van der Waals surface area contributed by atoms with Gasteiger partial charge >= 0.3 is 5.97 Å². The molecule has 0 radical (unpaired) electrons. The molecule has 0 fully saturated rings. The molecule has 92 valence electrons. The van der Waals surface area contributed by atoms with E-state index in [-0.39, 0.29) is 19.4 Å². The zero-order chi connectivity index (χ0) is 12.7. The summed E-state index contributed by atoms with van der Waals surface area (Å²) >= 11 is 4.92. The summed E-state index contributed by atoms with van der Waals surface area (Å²) in [6.07, 6.45) is -2.21. The van der Waals surface area contributed by atoms with Crippen LogP contribution in [0.25, 0.3) is 0 Å². The van der Waals surface area contributed by atoms with E-state index in [1.807, 2.05) is 30.3 Å². The molecule has 17 heavy (non-hydrogen) atoms. The summed E-state index contributed by atoms with van der Waals surface area (Å²) in [6, 6.07) is 9.13. The van der Waals surface area contributed by atoms with Crippen molar-refractivity contribution in [3.63, 3.8) is 0 Å². The van der Waals surface area contributed by atoms with Gasteiger partial charge in [0.2, 0.25) is 0 Å². The van der Waals surface area contributed by atoms with Gasteiger partial charge < -0.3 is 4.74 Å². The Balaban J connectivity index is 2.24. The lowest BCUT2D eigenvalue weighted by Crippen LogP contribution is -2.13. The van der Waals surface area contributed by atoms with Crippen molar-refractivity contribution in [1.29, 1.82) is 0 Å². The largest absolute Gasteiger partial charge is 0.461 e. The number of hydrogen-bond acceptors (Lipinski definition) is 3. The fraction of sp³-hybridized carbons (Fsp3) is 0.333. The third-order valence-electron chi connectivity index (χ3n) is 2.09. The van der Waals surface area contributed by atoms with Gasteiger partial charge in [0.05, 0.1) is 0 Å². The molecule has 0 heterocycles. The minimum atomic E-state index is -1.80. The molecule has 0 aliphatic heterocycles. The van der Waals surface area contributed by atoms with Crippen LogP contribution in [-0.2, 0) is 20.9 Å². The van der Waals surface area contributed by atoms with Crippen LogP contribution in [0.15, 0.2) is 30.3 Å². The standard InChI is InChI=1S/C12H12ClFO3/c13-12(16)10(14)6-7-11(15)17-8-9-4-2-1-3-5-9/h1-5,10H,6-8H2. The van der Waals surface area contributed by atoms with E-state index in [9.17, 15) is 14.0 Å². The van der Waals surface area contributed by atoms with Crippen molar-refractivity contribution in [3.05, 3.63) is 35.9 Å². The average Bonchev–Trinajstić information content (AvgIpc) is 2.34. The van der Waals surface area contributed by atoms with Crippen LogP contribution < -0.4 is 0 Å². The van der Waals surface area contributed by atoms with E-state index >= 15 is 0 Å². The normalized spacial score (nSPS) is 11.9. The summed E-state index contributed by atoms with van der Waals surface area (Å²) in [5, 5.41) is -1.08. The summed E-state index contributed by atoms with van der Waals surface area (Å²) in [5.74, 6) is -0.547. The van der Waals surface area contributed by atoms with E-state index in [0.717, 1.165) is 5.56 Å². The van der Waals surface area contributed by atoms with E-state index in [2.05, 4.69) is 0 Å².